The molecule has 0 atom stereocenters. The van der Waals surface area contributed by atoms with Crippen LogP contribution in [0.1, 0.15) is 25.2 Å². The first-order chi connectivity index (χ1) is 11.2. The Hall–Kier alpha value is -1.24. The van der Waals surface area contributed by atoms with Crippen LogP contribution >= 0.6 is 15.9 Å². The van der Waals surface area contributed by atoms with Crippen molar-refractivity contribution < 1.29 is 4.52 Å². The largest absolute Gasteiger partial charge is 0.338 e. The Kier molecular flexibility index (Phi) is 5.80. The highest BCUT2D eigenvalue weighted by Crippen LogP contribution is 2.23. The number of aromatic nitrogens is 2. The molecular weight excluding hydrogens is 356 g/mol. The standard InChI is InChI=1S/C17H23BrN4O/c1-19-8-5-13-6-9-22(10-7-13)12-16-20-17(21-23-16)14-3-2-4-15(18)11-14/h2-4,11,13,19H,5-10,12H2,1H3. The van der Waals surface area contributed by atoms with Crippen LogP contribution in [0.2, 0.25) is 0 Å². The Balaban J connectivity index is 1.54. The fourth-order valence-electron chi connectivity index (χ4n) is 3.04. The molecule has 0 aliphatic carbocycles. The molecule has 1 aromatic heterocycles. The third-order valence-corrected chi connectivity index (χ3v) is 4.91. The quantitative estimate of drug-likeness (QED) is 0.835. The van der Waals surface area contributed by atoms with Crippen LogP contribution < -0.4 is 5.32 Å². The zero-order chi connectivity index (χ0) is 16.1. The van der Waals surface area contributed by atoms with Crippen LogP contribution in [0.5, 0.6) is 0 Å². The molecule has 0 bridgehead atoms. The molecular formula is C17H23BrN4O. The number of likely N-dealkylation sites (tertiary alicyclic amines) is 1. The monoisotopic (exact) mass is 378 g/mol. The number of piperidine rings is 1. The molecule has 0 saturated carbocycles. The van der Waals surface area contributed by atoms with Crippen LogP contribution in [0.3, 0.4) is 0 Å². The summed E-state index contributed by atoms with van der Waals surface area (Å²) in [5.41, 5.74) is 0.972. The second kappa shape index (κ2) is 8.04. The minimum Gasteiger partial charge on any atom is -0.338 e. The smallest absolute Gasteiger partial charge is 0.241 e. The third-order valence-electron chi connectivity index (χ3n) is 4.42. The first-order valence-corrected chi connectivity index (χ1v) is 8.99. The molecule has 1 N–H and O–H groups in total. The fourth-order valence-corrected chi connectivity index (χ4v) is 3.44. The molecule has 124 valence electrons. The Morgan fingerprint density at radius 3 is 2.91 bits per heavy atom. The highest BCUT2D eigenvalue weighted by molar-refractivity contribution is 9.10. The van der Waals surface area contributed by atoms with E-state index in [0.717, 1.165) is 42.1 Å². The van der Waals surface area contributed by atoms with Gasteiger partial charge in [-0.3, -0.25) is 4.90 Å². The number of halogens is 1. The van der Waals surface area contributed by atoms with E-state index in [9.17, 15) is 0 Å². The molecule has 3 rings (SSSR count). The van der Waals surface area contributed by atoms with Crippen LogP contribution in [0, 0.1) is 5.92 Å². The van der Waals surface area contributed by atoms with E-state index in [1.54, 1.807) is 0 Å². The number of rotatable bonds is 6. The normalized spacial score (nSPS) is 16.8. The summed E-state index contributed by atoms with van der Waals surface area (Å²) in [6.07, 6.45) is 3.79. The van der Waals surface area contributed by atoms with Gasteiger partial charge in [-0.15, -0.1) is 0 Å². The first-order valence-electron chi connectivity index (χ1n) is 8.20. The van der Waals surface area contributed by atoms with E-state index in [0.29, 0.717) is 11.7 Å². The third kappa shape index (κ3) is 4.62. The molecule has 0 spiro atoms. The molecule has 5 nitrogen and oxygen atoms in total. The SMILES string of the molecule is CNCCC1CCN(Cc2nc(-c3cccc(Br)c3)no2)CC1. The van der Waals surface area contributed by atoms with Crippen molar-refractivity contribution in [2.75, 3.05) is 26.7 Å². The Morgan fingerprint density at radius 2 is 2.17 bits per heavy atom. The molecule has 1 aliphatic rings. The predicted octanol–water partition coefficient (Wildman–Crippen LogP) is 3.32. The average Bonchev–Trinajstić information content (AvgIpc) is 3.03. The summed E-state index contributed by atoms with van der Waals surface area (Å²) in [6.45, 7) is 4.09. The number of nitrogens with zero attached hydrogens (tertiary/aromatic N) is 3. The lowest BCUT2D eigenvalue weighted by Crippen LogP contribution is -2.34. The van der Waals surface area contributed by atoms with Gasteiger partial charge in [0.15, 0.2) is 0 Å². The summed E-state index contributed by atoms with van der Waals surface area (Å²) in [5, 5.41) is 7.34. The van der Waals surface area contributed by atoms with Crippen LogP contribution in [0.25, 0.3) is 11.4 Å². The van der Waals surface area contributed by atoms with Crippen molar-refractivity contribution in [2.24, 2.45) is 5.92 Å². The molecule has 0 amide bonds. The van der Waals surface area contributed by atoms with Gasteiger partial charge in [-0.05, 0) is 64.0 Å². The maximum atomic E-state index is 5.43. The lowest BCUT2D eigenvalue weighted by molar-refractivity contribution is 0.155. The second-order valence-electron chi connectivity index (χ2n) is 6.13. The van der Waals surface area contributed by atoms with Gasteiger partial charge in [0.05, 0.1) is 6.54 Å². The molecule has 6 heteroatoms. The summed E-state index contributed by atoms with van der Waals surface area (Å²) < 4.78 is 6.44. The minimum atomic E-state index is 0.658. The van der Waals surface area contributed by atoms with Gasteiger partial charge in [0, 0.05) is 10.0 Å². The van der Waals surface area contributed by atoms with Gasteiger partial charge in [-0.2, -0.15) is 4.98 Å². The summed E-state index contributed by atoms with van der Waals surface area (Å²) in [7, 11) is 2.02. The molecule has 0 unspecified atom stereocenters. The lowest BCUT2D eigenvalue weighted by Gasteiger charge is -2.30. The van der Waals surface area contributed by atoms with Gasteiger partial charge in [0.2, 0.25) is 11.7 Å². The van der Waals surface area contributed by atoms with Crippen LogP contribution in [0.4, 0.5) is 0 Å². The molecule has 0 radical (unpaired) electrons. The molecule has 1 aliphatic heterocycles. The molecule has 23 heavy (non-hydrogen) atoms. The van der Waals surface area contributed by atoms with Gasteiger partial charge in [0.1, 0.15) is 0 Å². The Morgan fingerprint density at radius 1 is 1.35 bits per heavy atom. The Bertz CT molecular complexity index is 623. The van der Waals surface area contributed by atoms with Gasteiger partial charge < -0.3 is 9.84 Å². The zero-order valence-electron chi connectivity index (χ0n) is 13.5. The second-order valence-corrected chi connectivity index (χ2v) is 7.05. The van der Waals surface area contributed by atoms with Gasteiger partial charge in [-0.1, -0.05) is 33.2 Å². The molecule has 1 aromatic carbocycles. The number of hydrogen-bond acceptors (Lipinski definition) is 5. The fraction of sp³-hybridized carbons (Fsp3) is 0.529. The van der Waals surface area contributed by atoms with Crippen LogP contribution in [-0.2, 0) is 6.54 Å². The van der Waals surface area contributed by atoms with E-state index in [-0.39, 0.29) is 0 Å². The minimum absolute atomic E-state index is 0.658. The van der Waals surface area contributed by atoms with Gasteiger partial charge in [-0.25, -0.2) is 0 Å². The molecule has 2 heterocycles. The number of nitrogens with one attached hydrogen (secondary N) is 1. The molecule has 1 saturated heterocycles. The lowest BCUT2D eigenvalue weighted by atomic mass is 9.93. The van der Waals surface area contributed by atoms with E-state index in [2.05, 4.69) is 36.3 Å². The molecule has 2 aromatic rings. The van der Waals surface area contributed by atoms with Crippen molar-refractivity contribution in [3.8, 4) is 11.4 Å². The van der Waals surface area contributed by atoms with E-state index in [1.165, 1.54) is 19.3 Å². The maximum absolute atomic E-state index is 5.43. The van der Waals surface area contributed by atoms with Crippen molar-refractivity contribution in [3.63, 3.8) is 0 Å². The summed E-state index contributed by atoms with van der Waals surface area (Å²) >= 11 is 3.47. The highest BCUT2D eigenvalue weighted by Gasteiger charge is 2.20. The van der Waals surface area contributed by atoms with Crippen molar-refractivity contribution in [1.29, 1.82) is 0 Å². The predicted molar refractivity (Wildman–Crippen MR) is 94.0 cm³/mol. The molecule has 1 fully saturated rings. The van der Waals surface area contributed by atoms with E-state index >= 15 is 0 Å². The summed E-state index contributed by atoms with van der Waals surface area (Å²) in [5.74, 6) is 2.21. The Labute approximate surface area is 145 Å². The van der Waals surface area contributed by atoms with E-state index < -0.39 is 0 Å². The number of benzene rings is 1. The summed E-state index contributed by atoms with van der Waals surface area (Å²) in [4.78, 5) is 6.94. The maximum Gasteiger partial charge on any atom is 0.241 e. The highest BCUT2D eigenvalue weighted by atomic mass is 79.9. The van der Waals surface area contributed by atoms with Gasteiger partial charge >= 0.3 is 0 Å². The topological polar surface area (TPSA) is 54.2 Å². The van der Waals surface area contributed by atoms with Gasteiger partial charge in [0.25, 0.3) is 0 Å². The summed E-state index contributed by atoms with van der Waals surface area (Å²) in [6, 6.07) is 7.96. The van der Waals surface area contributed by atoms with Crippen LogP contribution in [0.15, 0.2) is 33.3 Å². The van der Waals surface area contributed by atoms with E-state index in [4.69, 9.17) is 4.52 Å². The van der Waals surface area contributed by atoms with Crippen molar-refractivity contribution in [2.45, 2.75) is 25.8 Å². The average molecular weight is 379 g/mol. The van der Waals surface area contributed by atoms with E-state index in [1.807, 2.05) is 31.3 Å². The van der Waals surface area contributed by atoms with Crippen molar-refractivity contribution in [3.05, 3.63) is 34.6 Å². The number of hydrogen-bond donors (Lipinski definition) is 1. The van der Waals surface area contributed by atoms with Crippen molar-refractivity contribution >= 4 is 15.9 Å². The van der Waals surface area contributed by atoms with Crippen molar-refractivity contribution in [1.82, 2.24) is 20.4 Å². The first kappa shape index (κ1) is 16.6. The zero-order valence-corrected chi connectivity index (χ0v) is 15.1. The van der Waals surface area contributed by atoms with Crippen LogP contribution in [-0.4, -0.2) is 41.7 Å².